The Morgan fingerprint density at radius 1 is 0.900 bits per heavy atom. The summed E-state index contributed by atoms with van der Waals surface area (Å²) in [4.78, 5) is 27.7. The highest BCUT2D eigenvalue weighted by Crippen LogP contribution is 2.32. The maximum atomic E-state index is 13.0. The summed E-state index contributed by atoms with van der Waals surface area (Å²) in [6, 6.07) is 23.5. The summed E-state index contributed by atoms with van der Waals surface area (Å²) in [5.74, 6) is -0.767. The second kappa shape index (κ2) is 12.2. The fraction of sp³-hybridized carbons (Fsp3) is 0.100. The predicted octanol–water partition coefficient (Wildman–Crippen LogP) is 5.95. The minimum Gasteiger partial charge on any atom is -0.455 e. The average Bonchev–Trinajstić information content (AvgIpc) is 3.42. The molecule has 0 fully saturated rings. The molecule has 0 saturated carbocycles. The van der Waals surface area contributed by atoms with Crippen molar-refractivity contribution in [3.63, 3.8) is 0 Å². The van der Waals surface area contributed by atoms with Gasteiger partial charge in [-0.2, -0.15) is 18.3 Å². The molecule has 2 amide bonds. The topological polar surface area (TPSA) is 86.9 Å². The zero-order valence-corrected chi connectivity index (χ0v) is 21.6. The lowest BCUT2D eigenvalue weighted by molar-refractivity contribution is -0.137. The molecule has 0 spiro atoms. The van der Waals surface area contributed by atoms with Crippen molar-refractivity contribution in [2.45, 2.75) is 6.18 Å². The largest absolute Gasteiger partial charge is 0.455 e. The lowest BCUT2D eigenvalue weighted by Gasteiger charge is -2.12. The predicted molar refractivity (Wildman–Crippen MR) is 148 cm³/mol. The first kappa shape index (κ1) is 27.9. The highest BCUT2D eigenvalue weighted by molar-refractivity contribution is 6.05. The number of anilines is 1. The number of nitrogens with zero attached hydrogens (tertiary/aromatic N) is 2. The van der Waals surface area contributed by atoms with Crippen LogP contribution in [0.1, 0.15) is 27.2 Å². The lowest BCUT2D eigenvalue weighted by atomic mass is 10.1. The van der Waals surface area contributed by atoms with Gasteiger partial charge in [0.25, 0.3) is 11.8 Å². The van der Waals surface area contributed by atoms with E-state index in [9.17, 15) is 22.8 Å². The molecule has 0 saturated heterocycles. The zero-order valence-electron chi connectivity index (χ0n) is 21.6. The number of amides is 2. The molecule has 0 bridgehead atoms. The first-order valence-electron chi connectivity index (χ1n) is 12.1. The van der Waals surface area contributed by atoms with Crippen LogP contribution in [0.15, 0.2) is 106 Å². The van der Waals surface area contributed by atoms with E-state index in [1.54, 1.807) is 42.5 Å². The van der Waals surface area contributed by atoms with Crippen molar-refractivity contribution in [3.8, 4) is 11.3 Å². The van der Waals surface area contributed by atoms with E-state index in [1.807, 2.05) is 31.1 Å². The first-order valence-corrected chi connectivity index (χ1v) is 12.1. The standard InChI is InChI=1S/C30H25F3N4O3/c1-37(2)24-13-11-20(12-14-24)17-26(35-28(38)21-7-4-3-5-8-21)29(39)36-34-19-25-15-16-27(40-25)22-9-6-10-23(18-22)30(31,32)33/h3-19H,1-2H3,(H,35,38)(H,36,39)/b26-17+,34-19+. The lowest BCUT2D eigenvalue weighted by Crippen LogP contribution is -2.32. The molecule has 3 aromatic carbocycles. The average molecular weight is 547 g/mol. The Bertz CT molecular complexity index is 1540. The third-order valence-electron chi connectivity index (χ3n) is 5.71. The molecule has 7 nitrogen and oxygen atoms in total. The molecule has 0 aliphatic rings. The van der Waals surface area contributed by atoms with Gasteiger partial charge in [-0.05, 0) is 60.2 Å². The molecular formula is C30H25F3N4O3. The van der Waals surface area contributed by atoms with Gasteiger partial charge in [0.05, 0.1) is 11.8 Å². The normalized spacial score (nSPS) is 11.9. The fourth-order valence-electron chi connectivity index (χ4n) is 3.62. The van der Waals surface area contributed by atoms with E-state index in [4.69, 9.17) is 4.42 Å². The SMILES string of the molecule is CN(C)c1ccc(/C=C(/NC(=O)c2ccccc2)C(=O)N/N=C/c2ccc(-c3cccc(C(F)(F)F)c3)o2)cc1. The van der Waals surface area contributed by atoms with E-state index in [0.717, 1.165) is 17.8 Å². The minimum atomic E-state index is -4.48. The monoisotopic (exact) mass is 546 g/mol. The molecule has 1 aromatic heterocycles. The van der Waals surface area contributed by atoms with Crippen LogP contribution in [0.3, 0.4) is 0 Å². The maximum absolute atomic E-state index is 13.0. The van der Waals surface area contributed by atoms with Crippen LogP contribution in [0, 0.1) is 0 Å². The van der Waals surface area contributed by atoms with Gasteiger partial charge in [0.15, 0.2) is 0 Å². The Labute approximate surface area is 228 Å². The number of halogens is 3. The quantitative estimate of drug-likeness (QED) is 0.162. The van der Waals surface area contributed by atoms with Gasteiger partial charge >= 0.3 is 6.18 Å². The van der Waals surface area contributed by atoms with E-state index >= 15 is 0 Å². The van der Waals surface area contributed by atoms with Crippen molar-refractivity contribution < 1.29 is 27.2 Å². The third-order valence-corrected chi connectivity index (χ3v) is 5.71. The number of carbonyl (C=O) groups is 2. The van der Waals surface area contributed by atoms with E-state index in [2.05, 4.69) is 15.8 Å². The van der Waals surface area contributed by atoms with E-state index in [1.165, 1.54) is 36.6 Å². The molecular weight excluding hydrogens is 521 g/mol. The molecule has 40 heavy (non-hydrogen) atoms. The molecule has 4 aromatic rings. The number of hydrazone groups is 1. The summed E-state index contributed by atoms with van der Waals surface area (Å²) in [6.45, 7) is 0. The summed E-state index contributed by atoms with van der Waals surface area (Å²) in [7, 11) is 3.81. The minimum absolute atomic E-state index is 0.0484. The molecule has 0 radical (unpaired) electrons. The number of hydrogen-bond donors (Lipinski definition) is 2. The molecule has 2 N–H and O–H groups in total. The molecule has 10 heteroatoms. The van der Waals surface area contributed by atoms with Gasteiger partial charge in [-0.1, -0.05) is 42.5 Å². The molecule has 0 unspecified atom stereocenters. The smallest absolute Gasteiger partial charge is 0.416 e. The van der Waals surface area contributed by atoms with Gasteiger partial charge in [0.1, 0.15) is 17.2 Å². The Balaban J connectivity index is 1.50. The number of furan rings is 1. The molecule has 1 heterocycles. The van der Waals surface area contributed by atoms with Crippen LogP contribution in [-0.2, 0) is 11.0 Å². The summed E-state index contributed by atoms with van der Waals surface area (Å²) in [5.41, 5.74) is 3.75. The number of rotatable bonds is 8. The van der Waals surface area contributed by atoms with Gasteiger partial charge in [-0.25, -0.2) is 5.43 Å². The molecule has 0 atom stereocenters. The van der Waals surface area contributed by atoms with Crippen molar-refractivity contribution in [2.75, 3.05) is 19.0 Å². The highest BCUT2D eigenvalue weighted by Gasteiger charge is 2.30. The molecule has 0 aliphatic carbocycles. The van der Waals surface area contributed by atoms with Crippen LogP contribution in [0.2, 0.25) is 0 Å². The van der Waals surface area contributed by atoms with Crippen molar-refractivity contribution in [2.24, 2.45) is 5.10 Å². The number of carbonyl (C=O) groups excluding carboxylic acids is 2. The van der Waals surface area contributed by atoms with Crippen molar-refractivity contribution >= 4 is 29.8 Å². The second-order valence-corrected chi connectivity index (χ2v) is 8.84. The van der Waals surface area contributed by atoms with Gasteiger partial charge in [0, 0.05) is 30.9 Å². The van der Waals surface area contributed by atoms with E-state index < -0.39 is 23.6 Å². The number of hydrogen-bond acceptors (Lipinski definition) is 5. The van der Waals surface area contributed by atoms with Crippen LogP contribution in [-0.4, -0.2) is 32.1 Å². The first-order chi connectivity index (χ1) is 19.1. The number of benzene rings is 3. The maximum Gasteiger partial charge on any atom is 0.416 e. The zero-order chi connectivity index (χ0) is 28.7. The summed E-state index contributed by atoms with van der Waals surface area (Å²) < 4.78 is 44.7. The Morgan fingerprint density at radius 3 is 2.30 bits per heavy atom. The van der Waals surface area contributed by atoms with Crippen molar-refractivity contribution in [3.05, 3.63) is 119 Å². The second-order valence-electron chi connectivity index (χ2n) is 8.84. The van der Waals surface area contributed by atoms with Crippen LogP contribution >= 0.6 is 0 Å². The van der Waals surface area contributed by atoms with Gasteiger partial charge in [0.2, 0.25) is 0 Å². The Hall–Kier alpha value is -5.12. The fourth-order valence-corrected chi connectivity index (χ4v) is 3.62. The van der Waals surface area contributed by atoms with E-state index in [0.29, 0.717) is 11.1 Å². The van der Waals surface area contributed by atoms with Gasteiger partial charge in [-0.15, -0.1) is 0 Å². The Kier molecular flexibility index (Phi) is 8.48. The number of nitrogens with one attached hydrogen (secondary N) is 2. The van der Waals surface area contributed by atoms with Gasteiger partial charge < -0.3 is 14.6 Å². The van der Waals surface area contributed by atoms with Crippen molar-refractivity contribution in [1.82, 2.24) is 10.7 Å². The molecule has 204 valence electrons. The highest BCUT2D eigenvalue weighted by atomic mass is 19.4. The number of alkyl halides is 3. The molecule has 4 rings (SSSR count). The van der Waals surface area contributed by atoms with E-state index in [-0.39, 0.29) is 22.8 Å². The Morgan fingerprint density at radius 2 is 1.62 bits per heavy atom. The summed E-state index contributed by atoms with van der Waals surface area (Å²) in [5, 5.41) is 6.51. The summed E-state index contributed by atoms with van der Waals surface area (Å²) in [6.07, 6.45) is -1.76. The van der Waals surface area contributed by atoms with Crippen LogP contribution in [0.5, 0.6) is 0 Å². The van der Waals surface area contributed by atoms with Crippen LogP contribution in [0.4, 0.5) is 18.9 Å². The summed E-state index contributed by atoms with van der Waals surface area (Å²) >= 11 is 0. The van der Waals surface area contributed by atoms with Crippen molar-refractivity contribution in [1.29, 1.82) is 0 Å². The van der Waals surface area contributed by atoms with Crippen LogP contribution in [0.25, 0.3) is 17.4 Å². The van der Waals surface area contributed by atoms with Gasteiger partial charge in [-0.3, -0.25) is 9.59 Å². The molecule has 0 aliphatic heterocycles. The van der Waals surface area contributed by atoms with Crippen LogP contribution < -0.4 is 15.6 Å². The third kappa shape index (κ3) is 7.25.